The highest BCUT2D eigenvalue weighted by atomic mass is 19.1. The Kier molecular flexibility index (Phi) is 12.7. The van der Waals surface area contributed by atoms with Crippen molar-refractivity contribution >= 4 is 94.8 Å². The van der Waals surface area contributed by atoms with Crippen molar-refractivity contribution in [3.63, 3.8) is 0 Å². The summed E-state index contributed by atoms with van der Waals surface area (Å²) in [5, 5.41) is 18.5. The minimum Gasteiger partial charge on any atom is -0.480 e. The summed E-state index contributed by atoms with van der Waals surface area (Å²) in [4.78, 5) is 203. The average molecular weight is 846 g/mol. The molecule has 2 fully saturated rings. The van der Waals surface area contributed by atoms with Gasteiger partial charge in [-0.2, -0.15) is 0 Å². The van der Waals surface area contributed by atoms with E-state index in [0.29, 0.717) is 24.3 Å². The Morgan fingerprint density at radius 1 is 0.467 bits per heavy atom. The summed E-state index contributed by atoms with van der Waals surface area (Å²) in [7, 11) is -1.00. The molecule has 0 radical (unpaired) electrons. The number of carbonyl (C=O) groups excluding carboxylic acids is 14. The normalized spacial score (nSPS) is 20.5. The molecule has 0 aromatic heterocycles. The summed E-state index contributed by atoms with van der Waals surface area (Å²) in [6.45, 7) is 0. The molecule has 6 aliphatic rings. The standard InChI is InChI=1S/C20H14N4O12.C12H8N2O8.CH3F/c25-9-1-2-10(26)21(9)17(19(33)35-23-13(29)5-6-14(23)30)18(22-11(27)3-4-12(22)28)20(34)36-24-15(31)7-8-16(24)32;15-5-1-2-6(16)13(5)9(11(19)20)10(12(21)22)14-7(17)3-4-8(14)18;1-2/h1-4,17-18H,5-8H2;1-4,9-10H,(H,19,20)(H,21,22);1H3/i;;1D. The molecule has 12 amide bonds. The molecule has 0 spiro atoms. The Labute approximate surface area is 332 Å². The van der Waals surface area contributed by atoms with Crippen molar-refractivity contribution in [2.75, 3.05) is 7.15 Å². The van der Waals surface area contributed by atoms with Crippen LogP contribution in [-0.4, -0.2) is 166 Å². The Balaban J connectivity index is 0.000000280. The topological polar surface area (TPSA) is 351 Å². The van der Waals surface area contributed by atoms with Crippen molar-refractivity contribution in [2.24, 2.45) is 0 Å². The van der Waals surface area contributed by atoms with Crippen LogP contribution in [0.15, 0.2) is 48.6 Å². The molecule has 0 aromatic carbocycles. The van der Waals surface area contributed by atoms with Gasteiger partial charge in [-0.25, -0.2) is 19.2 Å². The van der Waals surface area contributed by atoms with E-state index in [1.807, 2.05) is 0 Å². The van der Waals surface area contributed by atoms with Crippen LogP contribution in [0.1, 0.15) is 27.1 Å². The maximum Gasteiger partial charge on any atom is 0.358 e. The molecule has 0 aromatic rings. The van der Waals surface area contributed by atoms with Crippen LogP contribution in [0.25, 0.3) is 0 Å². The van der Waals surface area contributed by atoms with Crippen LogP contribution < -0.4 is 0 Å². The predicted molar refractivity (Wildman–Crippen MR) is 176 cm³/mol. The predicted octanol–water partition coefficient (Wildman–Crippen LogP) is -4.88. The Morgan fingerprint density at radius 3 is 0.833 bits per heavy atom. The number of nitrogens with zero attached hydrogens (tertiary/aromatic N) is 6. The fourth-order valence-electron chi connectivity index (χ4n) is 5.87. The molecule has 0 bridgehead atoms. The molecule has 60 heavy (non-hydrogen) atoms. The number of hydrogen-bond acceptors (Lipinski definition) is 18. The summed E-state index contributed by atoms with van der Waals surface area (Å²) >= 11 is 0. The number of aliphatic carboxylic acids is 2. The van der Waals surface area contributed by atoms with Crippen molar-refractivity contribution in [1.82, 2.24) is 29.7 Å². The quantitative estimate of drug-likeness (QED) is 0.174. The number of alkyl halides is 1. The third-order valence-corrected chi connectivity index (χ3v) is 8.45. The summed E-state index contributed by atoms with van der Waals surface area (Å²) in [6.07, 6.45) is 4.60. The van der Waals surface area contributed by atoms with Crippen LogP contribution in [0, 0.1) is 0 Å². The van der Waals surface area contributed by atoms with Crippen LogP contribution in [-0.2, 0) is 86.4 Å². The van der Waals surface area contributed by atoms with Crippen molar-refractivity contribution < 1.29 is 102 Å². The van der Waals surface area contributed by atoms with E-state index in [1.54, 1.807) is 0 Å². The van der Waals surface area contributed by atoms with Crippen molar-refractivity contribution in [1.29, 1.82) is 0 Å². The molecule has 27 heteroatoms. The first kappa shape index (κ1) is 42.7. The van der Waals surface area contributed by atoms with Crippen LogP contribution in [0.3, 0.4) is 0 Å². The van der Waals surface area contributed by atoms with E-state index in [9.17, 15) is 91.3 Å². The van der Waals surface area contributed by atoms with Crippen molar-refractivity contribution in [2.45, 2.75) is 49.9 Å². The highest BCUT2D eigenvalue weighted by molar-refractivity contribution is 6.20. The number of hydroxylamine groups is 4. The van der Waals surface area contributed by atoms with Gasteiger partial charge in [0.1, 0.15) is 0 Å². The minimum absolute atomic E-state index is 0.0512. The molecule has 4 atom stereocenters. The highest BCUT2D eigenvalue weighted by Crippen LogP contribution is 2.26. The number of imide groups is 6. The first-order chi connectivity index (χ1) is 28.7. The van der Waals surface area contributed by atoms with Gasteiger partial charge >= 0.3 is 23.9 Å². The number of halogens is 1. The lowest BCUT2D eigenvalue weighted by Gasteiger charge is -2.34. The van der Waals surface area contributed by atoms with Gasteiger partial charge in [0.2, 0.25) is 0 Å². The molecule has 6 aliphatic heterocycles. The minimum atomic E-state index is -2.48. The molecule has 26 nitrogen and oxygen atoms in total. The zero-order valence-corrected chi connectivity index (χ0v) is 29.8. The molecule has 2 saturated heterocycles. The van der Waals surface area contributed by atoms with Gasteiger partial charge in [0.25, 0.3) is 70.9 Å². The van der Waals surface area contributed by atoms with Gasteiger partial charge in [0, 0.05) is 74.3 Å². The number of carboxylic acids is 2. The largest absolute Gasteiger partial charge is 0.480 e. The fraction of sp³-hybridized carbons (Fsp3) is 0.273. The lowest BCUT2D eigenvalue weighted by molar-refractivity contribution is -0.210. The number of amides is 12. The zero-order chi connectivity index (χ0) is 45.6. The molecule has 0 saturated carbocycles. The Bertz CT molecular complexity index is 1980. The van der Waals surface area contributed by atoms with Gasteiger partial charge in [0.15, 0.2) is 24.2 Å². The molecule has 6 rings (SSSR count). The molecule has 2 N–H and O–H groups in total. The first-order valence-electron chi connectivity index (χ1n) is 17.1. The van der Waals surface area contributed by atoms with Crippen LogP contribution >= 0.6 is 0 Å². The number of carbonyl (C=O) groups is 16. The van der Waals surface area contributed by atoms with Crippen LogP contribution in [0.4, 0.5) is 4.39 Å². The maximum absolute atomic E-state index is 13.2. The fourth-order valence-corrected chi connectivity index (χ4v) is 5.87. The highest BCUT2D eigenvalue weighted by Gasteiger charge is 2.55. The summed E-state index contributed by atoms with van der Waals surface area (Å²) in [6, 6.07) is -9.43. The lowest BCUT2D eigenvalue weighted by Crippen LogP contribution is -2.63. The van der Waals surface area contributed by atoms with E-state index in [-0.39, 0.29) is 55.4 Å². The second-order valence-corrected chi connectivity index (χ2v) is 12.0. The molecule has 0 aliphatic carbocycles. The summed E-state index contributed by atoms with van der Waals surface area (Å²) in [5.41, 5.74) is 0. The summed E-state index contributed by atoms with van der Waals surface area (Å²) < 4.78 is 15.5. The van der Waals surface area contributed by atoms with Crippen LogP contribution in [0.2, 0.25) is 0 Å². The van der Waals surface area contributed by atoms with Gasteiger partial charge in [-0.15, -0.1) is 10.1 Å². The van der Waals surface area contributed by atoms with E-state index in [4.69, 9.17) is 11.0 Å². The van der Waals surface area contributed by atoms with E-state index in [0.717, 1.165) is 24.3 Å². The van der Waals surface area contributed by atoms with Gasteiger partial charge in [-0.05, 0) is 0 Å². The zero-order valence-electron chi connectivity index (χ0n) is 30.8. The first-order valence-corrected chi connectivity index (χ1v) is 16.3. The Morgan fingerprint density at radius 2 is 0.650 bits per heavy atom. The van der Waals surface area contributed by atoms with Gasteiger partial charge in [-0.1, -0.05) is 0 Å². The number of hydrogen-bond donors (Lipinski definition) is 2. The van der Waals surface area contributed by atoms with Gasteiger partial charge in [0.05, 0.1) is 8.52 Å². The van der Waals surface area contributed by atoms with Crippen molar-refractivity contribution in [3.8, 4) is 0 Å². The van der Waals surface area contributed by atoms with E-state index in [1.165, 1.54) is 0 Å². The molecule has 314 valence electrons. The number of rotatable bonds is 12. The van der Waals surface area contributed by atoms with Crippen LogP contribution in [0.5, 0.6) is 0 Å². The monoisotopic (exact) mass is 845 g/mol. The van der Waals surface area contributed by atoms with Crippen molar-refractivity contribution in [3.05, 3.63) is 48.6 Å². The molecular weight excluding hydrogens is 819 g/mol. The second-order valence-electron chi connectivity index (χ2n) is 12.0. The smallest absolute Gasteiger partial charge is 0.358 e. The Hall–Kier alpha value is -8.39. The third-order valence-electron chi connectivity index (χ3n) is 8.45. The molecule has 4 unspecified atom stereocenters. The third kappa shape index (κ3) is 8.47. The summed E-state index contributed by atoms with van der Waals surface area (Å²) in [5.74, 6) is -19.9. The van der Waals surface area contributed by atoms with Gasteiger partial charge < -0.3 is 19.9 Å². The SMILES string of the molecule is O=C(O)C(C(C(=O)O)N1C(=O)C=CC1=O)N1C(=O)C=CC1=O.O=C(ON1C(=O)CCC1=O)C(C(C(=O)ON1C(=O)CCC1=O)N1C(=O)C=CC1=O)N1C(=O)C=CC1=O.[2H]CF. The lowest BCUT2D eigenvalue weighted by atomic mass is 10.0. The molecular formula is C33H25FN6O20. The maximum atomic E-state index is 13.2. The van der Waals surface area contributed by atoms with E-state index in [2.05, 4.69) is 0 Å². The van der Waals surface area contributed by atoms with E-state index >= 15 is 0 Å². The molecule has 6 heterocycles. The van der Waals surface area contributed by atoms with E-state index < -0.39 is 126 Å². The second kappa shape index (κ2) is 17.8. The average Bonchev–Trinajstić information content (AvgIpc) is 4.03. The number of carboxylic acid groups (broad SMARTS) is 2. The van der Waals surface area contributed by atoms with Gasteiger partial charge in [-0.3, -0.25) is 81.5 Å².